The fraction of sp³-hybridized carbons (Fsp3) is 0.545. The molecule has 234 valence electrons. The number of nitrogens with one attached hydrogen (secondary N) is 1. The molecule has 0 bridgehead atoms. The summed E-state index contributed by atoms with van der Waals surface area (Å²) < 4.78 is 53.2. The van der Waals surface area contributed by atoms with E-state index in [1.54, 1.807) is 0 Å². The van der Waals surface area contributed by atoms with E-state index >= 15 is 4.39 Å². The highest BCUT2D eigenvalue weighted by Crippen LogP contribution is 2.51. The van der Waals surface area contributed by atoms with Crippen molar-refractivity contribution in [2.45, 2.75) is 55.9 Å². The van der Waals surface area contributed by atoms with E-state index in [9.17, 15) is 24.5 Å². The maximum atomic E-state index is 15.8. The number of amidine groups is 1. The number of phosphoric acid groups is 1. The lowest BCUT2D eigenvalue weighted by Crippen LogP contribution is -2.40. The summed E-state index contributed by atoms with van der Waals surface area (Å²) in [6.45, 7) is 3.28. The first-order valence-electron chi connectivity index (χ1n) is 12.7. The molecule has 5 rings (SSSR count). The van der Waals surface area contributed by atoms with Crippen LogP contribution in [0.25, 0.3) is 11.2 Å². The van der Waals surface area contributed by atoms with Crippen LogP contribution < -0.4 is 17.0 Å². The van der Waals surface area contributed by atoms with E-state index in [1.807, 2.05) is 0 Å². The molecule has 43 heavy (non-hydrogen) atoms. The SMILES string of the molecule is C=Nc1c(/C(N)=N\C)ncn1[C@@H]1O[C@H](COP(=O)(O)O[C@@H]2C[C@@H](CO)O[C@H]2n2cnc3c(=O)[nH]c(N)nc32)[C@@H](O)[C@]1(C)F. The fourth-order valence-corrected chi connectivity index (χ4v) is 5.92. The lowest BCUT2D eigenvalue weighted by atomic mass is 9.98. The number of H-pyrrole nitrogens is 1. The second-order valence-corrected chi connectivity index (χ2v) is 11.4. The van der Waals surface area contributed by atoms with Gasteiger partial charge in [0.2, 0.25) is 5.95 Å². The van der Waals surface area contributed by atoms with Gasteiger partial charge in [-0.15, -0.1) is 0 Å². The minimum Gasteiger partial charge on any atom is -0.394 e. The molecule has 5 heterocycles. The fourth-order valence-electron chi connectivity index (χ4n) is 4.99. The minimum atomic E-state index is -4.94. The van der Waals surface area contributed by atoms with Crippen molar-refractivity contribution in [3.63, 3.8) is 0 Å². The van der Waals surface area contributed by atoms with E-state index in [4.69, 9.17) is 30.0 Å². The van der Waals surface area contributed by atoms with Crippen LogP contribution in [-0.2, 0) is 23.1 Å². The highest BCUT2D eigenvalue weighted by Gasteiger charge is 2.56. The number of nitrogen functional groups attached to an aromatic ring is 1. The van der Waals surface area contributed by atoms with Gasteiger partial charge in [-0.25, -0.2) is 23.9 Å². The van der Waals surface area contributed by atoms with Crippen molar-refractivity contribution in [2.24, 2.45) is 15.7 Å². The zero-order chi connectivity index (χ0) is 31.3. The highest BCUT2D eigenvalue weighted by molar-refractivity contribution is 7.47. The van der Waals surface area contributed by atoms with Gasteiger partial charge in [0.15, 0.2) is 35.1 Å². The second-order valence-electron chi connectivity index (χ2n) is 9.96. The third-order valence-corrected chi connectivity index (χ3v) is 8.13. The predicted octanol–water partition coefficient (Wildman–Crippen LogP) is -0.966. The summed E-state index contributed by atoms with van der Waals surface area (Å²) in [5.41, 5.74) is 8.45. The summed E-state index contributed by atoms with van der Waals surface area (Å²) in [4.78, 5) is 44.8. The zero-order valence-electron chi connectivity index (χ0n) is 22.8. The Morgan fingerprint density at radius 1 is 1.37 bits per heavy atom. The quantitative estimate of drug-likeness (QED) is 0.0896. The molecular weight excluding hydrogens is 598 g/mol. The van der Waals surface area contributed by atoms with Crippen LogP contribution in [0.15, 0.2) is 27.4 Å². The lowest BCUT2D eigenvalue weighted by Gasteiger charge is -2.25. The Kier molecular flexibility index (Phi) is 8.22. The molecule has 8 atom stereocenters. The van der Waals surface area contributed by atoms with Crippen LogP contribution in [0.2, 0.25) is 0 Å². The topological polar surface area (TPSA) is 273 Å². The number of aromatic amines is 1. The number of rotatable bonds is 10. The summed E-state index contributed by atoms with van der Waals surface area (Å²) in [5, 5.41) is 20.4. The van der Waals surface area contributed by atoms with Crippen molar-refractivity contribution in [2.75, 3.05) is 26.0 Å². The number of aliphatic hydroxyl groups excluding tert-OH is 2. The Balaban J connectivity index is 1.32. The van der Waals surface area contributed by atoms with Crippen molar-refractivity contribution in [3.05, 3.63) is 28.7 Å². The molecule has 21 heteroatoms. The third kappa shape index (κ3) is 5.58. The number of halogens is 1. The molecule has 2 aliphatic heterocycles. The number of hydrogen-bond acceptors (Lipinski definition) is 14. The number of aliphatic imine (C=N–C) groups is 2. The minimum absolute atomic E-state index is 0.00545. The smallest absolute Gasteiger partial charge is 0.394 e. The van der Waals surface area contributed by atoms with Crippen LogP contribution in [0.3, 0.4) is 0 Å². The Morgan fingerprint density at radius 3 is 2.77 bits per heavy atom. The van der Waals surface area contributed by atoms with Gasteiger partial charge in [0, 0.05) is 13.5 Å². The second kappa shape index (κ2) is 11.5. The van der Waals surface area contributed by atoms with Gasteiger partial charge in [-0.1, -0.05) is 0 Å². The molecule has 0 radical (unpaired) electrons. The maximum absolute atomic E-state index is 15.8. The lowest BCUT2D eigenvalue weighted by molar-refractivity contribution is -0.0643. The number of imidazole rings is 2. The van der Waals surface area contributed by atoms with Crippen molar-refractivity contribution in [1.29, 1.82) is 0 Å². The van der Waals surface area contributed by atoms with Crippen molar-refractivity contribution in [1.82, 2.24) is 29.1 Å². The molecule has 2 saturated heterocycles. The van der Waals surface area contributed by atoms with Gasteiger partial charge >= 0.3 is 7.82 Å². The predicted molar refractivity (Wildman–Crippen MR) is 146 cm³/mol. The van der Waals surface area contributed by atoms with Gasteiger partial charge in [-0.2, -0.15) is 4.98 Å². The van der Waals surface area contributed by atoms with E-state index in [0.29, 0.717) is 0 Å². The van der Waals surface area contributed by atoms with E-state index in [1.165, 1.54) is 24.3 Å². The van der Waals surface area contributed by atoms with E-state index in [0.717, 1.165) is 11.5 Å². The van der Waals surface area contributed by atoms with Gasteiger partial charge in [0.05, 0.1) is 32.0 Å². The number of phosphoric ester groups is 1. The van der Waals surface area contributed by atoms with Gasteiger partial charge in [-0.05, 0) is 13.6 Å². The van der Waals surface area contributed by atoms with Crippen molar-refractivity contribution in [3.8, 4) is 0 Å². The van der Waals surface area contributed by atoms with Crippen molar-refractivity contribution >= 4 is 43.3 Å². The molecule has 3 aromatic heterocycles. The number of aliphatic hydroxyl groups is 2. The number of nitrogens with zero attached hydrogens (tertiary/aromatic N) is 7. The molecule has 0 aromatic carbocycles. The molecule has 1 unspecified atom stereocenters. The Morgan fingerprint density at radius 2 is 2.09 bits per heavy atom. The number of anilines is 1. The zero-order valence-corrected chi connectivity index (χ0v) is 23.7. The monoisotopic (exact) mass is 628 g/mol. The van der Waals surface area contributed by atoms with Crippen LogP contribution in [0, 0.1) is 0 Å². The molecule has 0 amide bonds. The van der Waals surface area contributed by atoms with Crippen LogP contribution in [0.5, 0.6) is 0 Å². The summed E-state index contributed by atoms with van der Waals surface area (Å²) in [6.07, 6.45) is -5.65. The molecule has 19 nitrogen and oxygen atoms in total. The van der Waals surface area contributed by atoms with Crippen molar-refractivity contribution < 1.29 is 42.6 Å². The summed E-state index contributed by atoms with van der Waals surface area (Å²) >= 11 is 0. The number of aromatic nitrogens is 6. The molecule has 8 N–H and O–H groups in total. The number of ether oxygens (including phenoxy) is 2. The van der Waals surface area contributed by atoms with Gasteiger partial charge in [-0.3, -0.25) is 33.0 Å². The molecule has 3 aromatic rings. The van der Waals surface area contributed by atoms with Gasteiger partial charge in [0.25, 0.3) is 5.56 Å². The Labute approximate surface area is 241 Å². The highest BCUT2D eigenvalue weighted by atomic mass is 31.2. The molecule has 0 aliphatic carbocycles. The molecule has 2 fully saturated rings. The summed E-state index contributed by atoms with van der Waals surface area (Å²) in [7, 11) is -3.52. The average molecular weight is 629 g/mol. The number of alkyl halides is 1. The summed E-state index contributed by atoms with van der Waals surface area (Å²) in [6, 6.07) is 0. The first-order chi connectivity index (χ1) is 20.3. The van der Waals surface area contributed by atoms with E-state index < -0.39 is 69.1 Å². The van der Waals surface area contributed by atoms with Crippen LogP contribution in [0.1, 0.15) is 31.5 Å². The normalized spacial score (nSPS) is 31.1. The first-order valence-corrected chi connectivity index (χ1v) is 14.2. The number of fused-ring (bicyclic) bond motifs is 1. The Bertz CT molecular complexity index is 1660. The average Bonchev–Trinajstić information content (AvgIpc) is 3.71. The van der Waals surface area contributed by atoms with E-state index in [2.05, 4.69) is 36.6 Å². The molecular formula is C22H30FN10O9P. The largest absolute Gasteiger partial charge is 0.472 e. The van der Waals surface area contributed by atoms with Crippen LogP contribution >= 0.6 is 7.82 Å². The van der Waals surface area contributed by atoms with Crippen LogP contribution in [-0.4, -0.2) is 107 Å². The Hall–Kier alpha value is -3.62. The molecule has 0 spiro atoms. The van der Waals surface area contributed by atoms with Gasteiger partial charge < -0.3 is 36.0 Å². The molecule has 2 aliphatic rings. The molecule has 0 saturated carbocycles. The number of nitrogens with two attached hydrogens (primary N) is 2. The third-order valence-electron chi connectivity index (χ3n) is 7.11. The maximum Gasteiger partial charge on any atom is 0.472 e. The van der Waals surface area contributed by atoms with E-state index in [-0.39, 0.29) is 40.9 Å². The first kappa shape index (κ1) is 30.8. The van der Waals surface area contributed by atoms with Crippen LogP contribution in [0.4, 0.5) is 16.2 Å². The standard InChI is InChI=1S/C22H30FN10O9P/c1-22(23)14(35)11(41-20(22)33-8-28-12(15(24)26-2)16(33)27-3)6-39-43(37,38)42-10-4-9(5-34)40-19(10)32-7-29-13-17(32)30-21(25)31-18(13)36/h7-11,14,19-20,34-35H,3-6H2,1-2H3,(H2,24,26)(H,37,38)(H3,25,30,31,36)/t9-,10+,11+,14+,19+,20+,22-/m0/s1. The van der Waals surface area contributed by atoms with Gasteiger partial charge in [0.1, 0.15) is 29.8 Å². The summed E-state index contributed by atoms with van der Waals surface area (Å²) in [5.74, 6) is -0.175. The number of hydrogen-bond donors (Lipinski definition) is 6.